The van der Waals surface area contributed by atoms with Gasteiger partial charge >= 0.3 is 6.18 Å². The van der Waals surface area contributed by atoms with Crippen LogP contribution in [0.5, 0.6) is 0 Å². The maximum Gasteiger partial charge on any atom is 0.416 e. The molecule has 2 aromatic rings. The van der Waals surface area contributed by atoms with Gasteiger partial charge in [-0.15, -0.1) is 0 Å². The van der Waals surface area contributed by atoms with Gasteiger partial charge in [0.1, 0.15) is 0 Å². The second-order valence-corrected chi connectivity index (χ2v) is 6.68. The Bertz CT molecular complexity index is 699. The topological polar surface area (TPSA) is 24.1 Å². The minimum atomic E-state index is -4.38. The van der Waals surface area contributed by atoms with Crippen LogP contribution in [0.4, 0.5) is 18.9 Å². The molecule has 0 saturated heterocycles. The summed E-state index contributed by atoms with van der Waals surface area (Å²) in [5.74, 6) is 0.439. The molecule has 25 heavy (non-hydrogen) atoms. The van der Waals surface area contributed by atoms with Gasteiger partial charge < -0.3 is 10.6 Å². The minimum absolute atomic E-state index is 0.00741. The Morgan fingerprint density at radius 3 is 2.32 bits per heavy atom. The molecule has 1 atom stereocenters. The predicted molar refractivity (Wildman–Crippen MR) is 99.4 cm³/mol. The molecule has 0 heterocycles. The highest BCUT2D eigenvalue weighted by Gasteiger charge is 2.30. The third kappa shape index (κ3) is 6.05. The highest BCUT2D eigenvalue weighted by Crippen LogP contribution is 2.30. The maximum atomic E-state index is 12.8. The van der Waals surface area contributed by atoms with Crippen LogP contribution in [-0.4, -0.2) is 5.11 Å². The first kappa shape index (κ1) is 19.2. The van der Waals surface area contributed by atoms with Gasteiger partial charge in [0.05, 0.1) is 11.6 Å². The number of rotatable bonds is 5. The van der Waals surface area contributed by atoms with Crippen molar-refractivity contribution in [3.05, 3.63) is 65.7 Å². The van der Waals surface area contributed by atoms with Crippen LogP contribution in [0, 0.1) is 5.92 Å². The molecule has 2 aromatic carbocycles. The number of anilines is 1. The van der Waals surface area contributed by atoms with Crippen molar-refractivity contribution < 1.29 is 13.2 Å². The molecule has 0 radical (unpaired) electrons. The zero-order valence-corrected chi connectivity index (χ0v) is 14.9. The van der Waals surface area contributed by atoms with Gasteiger partial charge in [-0.25, -0.2) is 0 Å². The number of halogens is 3. The SMILES string of the molecule is CC(C)C[C@H](NC(=S)Nc1cccc(C(F)(F)F)c1)c1ccccc1. The van der Waals surface area contributed by atoms with Crippen molar-refractivity contribution in [1.82, 2.24) is 5.32 Å². The van der Waals surface area contributed by atoms with Crippen molar-refractivity contribution in [2.24, 2.45) is 5.92 Å². The third-order valence-corrected chi connectivity index (χ3v) is 3.88. The summed E-state index contributed by atoms with van der Waals surface area (Å²) in [5.41, 5.74) is 0.690. The first-order chi connectivity index (χ1) is 11.8. The maximum absolute atomic E-state index is 12.8. The average molecular weight is 366 g/mol. The van der Waals surface area contributed by atoms with Gasteiger partial charge in [0.2, 0.25) is 0 Å². The van der Waals surface area contributed by atoms with Crippen molar-refractivity contribution in [3.8, 4) is 0 Å². The number of alkyl halides is 3. The number of hydrogen-bond donors (Lipinski definition) is 2. The van der Waals surface area contributed by atoms with E-state index in [1.54, 1.807) is 6.07 Å². The molecule has 0 amide bonds. The summed E-state index contributed by atoms with van der Waals surface area (Å²) in [7, 11) is 0. The summed E-state index contributed by atoms with van der Waals surface area (Å²) in [6, 6.07) is 14.9. The van der Waals surface area contributed by atoms with Crippen molar-refractivity contribution >= 4 is 23.0 Å². The third-order valence-electron chi connectivity index (χ3n) is 3.66. The fraction of sp³-hybridized carbons (Fsp3) is 0.316. The molecule has 0 aliphatic rings. The van der Waals surface area contributed by atoms with E-state index < -0.39 is 11.7 Å². The molecule has 0 fully saturated rings. The quantitative estimate of drug-likeness (QED) is 0.656. The molecule has 0 bridgehead atoms. The van der Waals surface area contributed by atoms with Crippen LogP contribution in [0.25, 0.3) is 0 Å². The first-order valence-corrected chi connectivity index (χ1v) is 8.46. The van der Waals surface area contributed by atoms with Gasteiger partial charge in [0.15, 0.2) is 5.11 Å². The van der Waals surface area contributed by atoms with Crippen LogP contribution in [0.2, 0.25) is 0 Å². The summed E-state index contributed by atoms with van der Waals surface area (Å²) in [4.78, 5) is 0. The highest BCUT2D eigenvalue weighted by molar-refractivity contribution is 7.80. The van der Waals surface area contributed by atoms with Crippen LogP contribution in [0.1, 0.15) is 37.4 Å². The molecule has 2 rings (SSSR count). The molecule has 0 saturated carbocycles. The summed E-state index contributed by atoms with van der Waals surface area (Å²) in [6.07, 6.45) is -3.52. The van der Waals surface area contributed by atoms with Crippen LogP contribution < -0.4 is 10.6 Å². The molecule has 134 valence electrons. The number of benzene rings is 2. The van der Waals surface area contributed by atoms with Crippen molar-refractivity contribution in [2.75, 3.05) is 5.32 Å². The van der Waals surface area contributed by atoms with Crippen LogP contribution in [0.3, 0.4) is 0 Å². The Morgan fingerprint density at radius 1 is 1.04 bits per heavy atom. The minimum Gasteiger partial charge on any atom is -0.356 e. The fourth-order valence-corrected chi connectivity index (χ4v) is 2.79. The molecular formula is C19H21F3N2S. The van der Waals surface area contributed by atoms with E-state index in [9.17, 15) is 13.2 Å². The van der Waals surface area contributed by atoms with Crippen molar-refractivity contribution in [2.45, 2.75) is 32.5 Å². The van der Waals surface area contributed by atoms with Crippen molar-refractivity contribution in [3.63, 3.8) is 0 Å². The molecule has 2 N–H and O–H groups in total. The van der Waals surface area contributed by atoms with E-state index in [1.165, 1.54) is 6.07 Å². The molecular weight excluding hydrogens is 345 g/mol. The molecule has 0 aliphatic carbocycles. The zero-order valence-electron chi connectivity index (χ0n) is 14.1. The van der Waals surface area contributed by atoms with Gasteiger partial charge in [0.25, 0.3) is 0 Å². The fourth-order valence-electron chi connectivity index (χ4n) is 2.53. The van der Waals surface area contributed by atoms with Gasteiger partial charge in [0, 0.05) is 5.69 Å². The number of nitrogens with one attached hydrogen (secondary N) is 2. The Balaban J connectivity index is 2.09. The lowest BCUT2D eigenvalue weighted by atomic mass is 9.97. The van der Waals surface area contributed by atoms with E-state index >= 15 is 0 Å². The van der Waals surface area contributed by atoms with E-state index in [-0.39, 0.29) is 6.04 Å². The Labute approximate surface area is 151 Å². The smallest absolute Gasteiger partial charge is 0.356 e. The molecule has 0 aliphatic heterocycles. The van der Waals surface area contributed by atoms with Gasteiger partial charge in [-0.2, -0.15) is 13.2 Å². The molecule has 2 nitrogen and oxygen atoms in total. The molecule has 0 aromatic heterocycles. The lowest BCUT2D eigenvalue weighted by Gasteiger charge is -2.23. The van der Waals surface area contributed by atoms with E-state index in [0.29, 0.717) is 16.7 Å². The molecule has 0 unspecified atom stereocenters. The Hall–Kier alpha value is -2.08. The summed E-state index contributed by atoms with van der Waals surface area (Å²) in [6.45, 7) is 4.22. The molecule has 0 spiro atoms. The van der Waals surface area contributed by atoms with E-state index in [4.69, 9.17) is 12.2 Å². The lowest BCUT2D eigenvalue weighted by molar-refractivity contribution is -0.137. The number of thiocarbonyl (C=S) groups is 1. The average Bonchev–Trinajstić information content (AvgIpc) is 2.54. The van der Waals surface area contributed by atoms with E-state index in [0.717, 1.165) is 24.1 Å². The summed E-state index contributed by atoms with van der Waals surface area (Å²) < 4.78 is 38.4. The van der Waals surface area contributed by atoms with Crippen molar-refractivity contribution in [1.29, 1.82) is 0 Å². The summed E-state index contributed by atoms with van der Waals surface area (Å²) >= 11 is 5.30. The standard InChI is InChI=1S/C19H21F3N2S/c1-13(2)11-17(14-7-4-3-5-8-14)24-18(25)23-16-10-6-9-15(12-16)19(20,21)22/h3-10,12-13,17H,11H2,1-2H3,(H2,23,24,25)/t17-/m0/s1. The van der Waals surface area contributed by atoms with Crippen LogP contribution in [-0.2, 0) is 6.18 Å². The van der Waals surface area contributed by atoms with Crippen LogP contribution in [0.15, 0.2) is 54.6 Å². The number of hydrogen-bond acceptors (Lipinski definition) is 1. The van der Waals surface area contributed by atoms with Gasteiger partial charge in [-0.1, -0.05) is 50.2 Å². The monoisotopic (exact) mass is 366 g/mol. The second kappa shape index (κ2) is 8.34. The Morgan fingerprint density at radius 2 is 1.72 bits per heavy atom. The highest BCUT2D eigenvalue weighted by atomic mass is 32.1. The zero-order chi connectivity index (χ0) is 18.4. The normalized spacial score (nSPS) is 12.7. The predicted octanol–water partition coefficient (Wildman–Crippen LogP) is 5.78. The van der Waals surface area contributed by atoms with Gasteiger partial charge in [-0.3, -0.25) is 0 Å². The lowest BCUT2D eigenvalue weighted by Crippen LogP contribution is -2.33. The van der Waals surface area contributed by atoms with Gasteiger partial charge in [-0.05, 0) is 48.3 Å². The largest absolute Gasteiger partial charge is 0.416 e. The Kier molecular flexibility index (Phi) is 6.42. The van der Waals surface area contributed by atoms with E-state index in [2.05, 4.69) is 24.5 Å². The van der Waals surface area contributed by atoms with E-state index in [1.807, 2.05) is 30.3 Å². The summed E-state index contributed by atoms with van der Waals surface area (Å²) in [5, 5.41) is 6.36. The first-order valence-electron chi connectivity index (χ1n) is 8.05. The second-order valence-electron chi connectivity index (χ2n) is 6.27. The van der Waals surface area contributed by atoms with Crippen LogP contribution >= 0.6 is 12.2 Å². The molecule has 6 heteroatoms.